The van der Waals surface area contributed by atoms with E-state index in [2.05, 4.69) is 0 Å². The normalized spacial score (nSPS) is 11.8. The molecule has 0 aliphatic heterocycles. The van der Waals surface area contributed by atoms with E-state index in [-0.39, 0.29) is 5.82 Å². The Labute approximate surface area is 128 Å². The molecule has 0 fully saturated rings. The quantitative estimate of drug-likeness (QED) is 0.452. The molecule has 0 atom stereocenters. The van der Waals surface area contributed by atoms with Gasteiger partial charge in [-0.3, -0.25) is 0 Å². The Bertz CT molecular complexity index is 380. The van der Waals surface area contributed by atoms with E-state index in [1.54, 1.807) is 14.2 Å². The first-order chi connectivity index (χ1) is 10.2. The van der Waals surface area contributed by atoms with Crippen molar-refractivity contribution in [2.75, 3.05) is 20.8 Å². The lowest BCUT2D eigenvalue weighted by Crippen LogP contribution is -2.43. The lowest BCUT2D eigenvalue weighted by molar-refractivity contribution is 0.103. The maximum atomic E-state index is 12.8. The van der Waals surface area contributed by atoms with Gasteiger partial charge in [-0.15, -0.1) is 0 Å². The summed E-state index contributed by atoms with van der Waals surface area (Å²) in [5, 5.41) is 0. The summed E-state index contributed by atoms with van der Waals surface area (Å²) in [5.74, 6) is -0.171. The summed E-state index contributed by atoms with van der Waals surface area (Å²) < 4.78 is 29.4. The van der Waals surface area contributed by atoms with Gasteiger partial charge in [-0.25, -0.2) is 4.39 Å². The average Bonchev–Trinajstić information content (AvgIpc) is 2.51. The van der Waals surface area contributed by atoms with E-state index < -0.39 is 8.80 Å². The van der Waals surface area contributed by atoms with Gasteiger partial charge in [0.15, 0.2) is 0 Å². The molecule has 5 heteroatoms. The number of benzene rings is 1. The van der Waals surface area contributed by atoms with Gasteiger partial charge in [-0.1, -0.05) is 25.0 Å². The minimum absolute atomic E-state index is 0.171. The van der Waals surface area contributed by atoms with Crippen molar-refractivity contribution < 1.29 is 17.7 Å². The molecule has 21 heavy (non-hydrogen) atoms. The fourth-order valence-electron chi connectivity index (χ4n) is 2.37. The van der Waals surface area contributed by atoms with Crippen LogP contribution < -0.4 is 0 Å². The van der Waals surface area contributed by atoms with Crippen molar-refractivity contribution in [3.63, 3.8) is 0 Å². The zero-order valence-corrected chi connectivity index (χ0v) is 14.4. The molecule has 0 radical (unpaired) electrons. The smallest absolute Gasteiger partial charge is 0.377 e. The summed E-state index contributed by atoms with van der Waals surface area (Å²) in [6.07, 6.45) is 5.46. The number of unbranched alkanes of at least 4 members (excludes halogenated alkanes) is 3. The third-order valence-electron chi connectivity index (χ3n) is 3.60. The Morgan fingerprint density at radius 2 is 1.57 bits per heavy atom. The highest BCUT2D eigenvalue weighted by molar-refractivity contribution is 6.60. The highest BCUT2D eigenvalue weighted by Gasteiger charge is 2.37. The van der Waals surface area contributed by atoms with Crippen LogP contribution in [0.5, 0.6) is 0 Å². The number of rotatable bonds is 11. The van der Waals surface area contributed by atoms with Crippen molar-refractivity contribution in [1.29, 1.82) is 0 Å². The number of hydrogen-bond donors (Lipinski definition) is 0. The van der Waals surface area contributed by atoms with Crippen LogP contribution in [0.1, 0.15) is 38.2 Å². The molecule has 0 aromatic heterocycles. The van der Waals surface area contributed by atoms with E-state index in [9.17, 15) is 4.39 Å². The molecular weight excluding hydrogens is 287 g/mol. The number of aryl methyl sites for hydroxylation is 1. The summed E-state index contributed by atoms with van der Waals surface area (Å²) in [6.45, 7) is 2.58. The molecule has 1 rings (SSSR count). The van der Waals surface area contributed by atoms with Crippen molar-refractivity contribution in [3.05, 3.63) is 35.6 Å². The standard InChI is InChI=1S/C16H27FO3Si/c1-4-20-21(18-2,19-3)14-8-6-5-7-9-15-10-12-16(17)13-11-15/h10-13H,4-9,14H2,1-3H3. The van der Waals surface area contributed by atoms with E-state index in [4.69, 9.17) is 13.3 Å². The molecule has 0 spiro atoms. The molecule has 0 amide bonds. The van der Waals surface area contributed by atoms with E-state index in [1.165, 1.54) is 17.7 Å². The van der Waals surface area contributed by atoms with Crippen LogP contribution >= 0.6 is 0 Å². The molecule has 3 nitrogen and oxygen atoms in total. The SMILES string of the molecule is CCO[Si](CCCCCCc1ccc(F)cc1)(OC)OC. The van der Waals surface area contributed by atoms with E-state index in [1.807, 2.05) is 19.1 Å². The highest BCUT2D eigenvalue weighted by atomic mass is 28.4. The van der Waals surface area contributed by atoms with Crippen molar-refractivity contribution in [2.24, 2.45) is 0 Å². The van der Waals surface area contributed by atoms with E-state index in [0.29, 0.717) is 6.61 Å². The second kappa shape index (κ2) is 10.1. The fourth-order valence-corrected chi connectivity index (χ4v) is 4.45. The van der Waals surface area contributed by atoms with Gasteiger partial charge < -0.3 is 13.3 Å². The second-order valence-electron chi connectivity index (χ2n) is 5.06. The summed E-state index contributed by atoms with van der Waals surface area (Å²) >= 11 is 0. The van der Waals surface area contributed by atoms with Gasteiger partial charge in [0.05, 0.1) is 0 Å². The fraction of sp³-hybridized carbons (Fsp3) is 0.625. The van der Waals surface area contributed by atoms with Gasteiger partial charge in [0, 0.05) is 26.9 Å². The van der Waals surface area contributed by atoms with Crippen LogP contribution in [0.3, 0.4) is 0 Å². The van der Waals surface area contributed by atoms with Crippen molar-refractivity contribution in [3.8, 4) is 0 Å². The van der Waals surface area contributed by atoms with Crippen LogP contribution in [-0.4, -0.2) is 29.6 Å². The molecule has 0 saturated carbocycles. The van der Waals surface area contributed by atoms with Crippen LogP contribution in [0.25, 0.3) is 0 Å². The van der Waals surface area contributed by atoms with Crippen molar-refractivity contribution >= 4 is 8.80 Å². The third-order valence-corrected chi connectivity index (χ3v) is 6.54. The van der Waals surface area contributed by atoms with Gasteiger partial charge in [0.25, 0.3) is 0 Å². The first-order valence-corrected chi connectivity index (χ1v) is 9.57. The van der Waals surface area contributed by atoms with Gasteiger partial charge in [-0.2, -0.15) is 0 Å². The van der Waals surface area contributed by atoms with Crippen molar-refractivity contribution in [2.45, 2.75) is 45.1 Å². The Morgan fingerprint density at radius 1 is 0.952 bits per heavy atom. The molecular formula is C16H27FO3Si. The van der Waals surface area contributed by atoms with E-state index in [0.717, 1.165) is 38.1 Å². The van der Waals surface area contributed by atoms with Crippen LogP contribution in [0, 0.1) is 5.82 Å². The predicted molar refractivity (Wildman–Crippen MR) is 84.8 cm³/mol. The van der Waals surface area contributed by atoms with Crippen LogP contribution in [-0.2, 0) is 19.7 Å². The van der Waals surface area contributed by atoms with Crippen LogP contribution in [0.4, 0.5) is 4.39 Å². The molecule has 120 valence electrons. The second-order valence-corrected chi connectivity index (χ2v) is 8.04. The Morgan fingerprint density at radius 3 is 2.14 bits per heavy atom. The highest BCUT2D eigenvalue weighted by Crippen LogP contribution is 2.19. The van der Waals surface area contributed by atoms with Gasteiger partial charge in [-0.05, 0) is 43.9 Å². The molecule has 1 aromatic carbocycles. The number of hydrogen-bond acceptors (Lipinski definition) is 3. The molecule has 0 saturated heterocycles. The minimum Gasteiger partial charge on any atom is -0.377 e. The van der Waals surface area contributed by atoms with Crippen molar-refractivity contribution in [1.82, 2.24) is 0 Å². The summed E-state index contributed by atoms with van der Waals surface area (Å²) in [4.78, 5) is 0. The first kappa shape index (κ1) is 18.3. The monoisotopic (exact) mass is 314 g/mol. The summed E-state index contributed by atoms with van der Waals surface area (Å²) in [5.41, 5.74) is 1.20. The first-order valence-electron chi connectivity index (χ1n) is 7.64. The maximum Gasteiger partial charge on any atom is 0.500 e. The topological polar surface area (TPSA) is 27.7 Å². The number of halogens is 1. The van der Waals surface area contributed by atoms with Crippen LogP contribution in [0.15, 0.2) is 24.3 Å². The van der Waals surface area contributed by atoms with Crippen LogP contribution in [0.2, 0.25) is 6.04 Å². The molecule has 0 unspecified atom stereocenters. The molecule has 0 N–H and O–H groups in total. The lowest BCUT2D eigenvalue weighted by Gasteiger charge is -2.25. The summed E-state index contributed by atoms with van der Waals surface area (Å²) in [7, 11) is 0.918. The average molecular weight is 314 g/mol. The predicted octanol–water partition coefficient (Wildman–Crippen LogP) is 4.20. The lowest BCUT2D eigenvalue weighted by atomic mass is 10.1. The molecule has 0 heterocycles. The van der Waals surface area contributed by atoms with Gasteiger partial charge in [0.2, 0.25) is 0 Å². The largest absolute Gasteiger partial charge is 0.500 e. The van der Waals surface area contributed by atoms with E-state index >= 15 is 0 Å². The molecule has 0 bridgehead atoms. The molecule has 0 aliphatic rings. The van der Waals surface area contributed by atoms with Gasteiger partial charge >= 0.3 is 8.80 Å². The Balaban J connectivity index is 2.17. The Hall–Kier alpha value is -0.753. The zero-order valence-electron chi connectivity index (χ0n) is 13.4. The zero-order chi connectivity index (χ0) is 15.6. The maximum absolute atomic E-state index is 12.8. The Kier molecular flexibility index (Phi) is 8.76. The summed E-state index contributed by atoms with van der Waals surface area (Å²) in [6, 6.07) is 7.63. The van der Waals surface area contributed by atoms with Gasteiger partial charge in [0.1, 0.15) is 5.82 Å². The minimum atomic E-state index is -2.42. The molecule has 0 aliphatic carbocycles. The molecule has 1 aromatic rings. The third kappa shape index (κ3) is 6.69.